The third-order valence-electron chi connectivity index (χ3n) is 8.40. The van der Waals surface area contributed by atoms with Gasteiger partial charge in [-0.05, 0) is 41.8 Å². The second-order valence-electron chi connectivity index (χ2n) is 10.9. The number of benzene rings is 3. The highest BCUT2D eigenvalue weighted by atomic mass is 32.1. The fourth-order valence-corrected chi connectivity index (χ4v) is 6.94. The van der Waals surface area contributed by atoms with Crippen molar-refractivity contribution in [1.82, 2.24) is 4.98 Å². The van der Waals surface area contributed by atoms with Crippen LogP contribution in [0.3, 0.4) is 0 Å². The molecule has 0 radical (unpaired) electrons. The molecular formula is C32H27N3O5S. The number of hydrogen-bond donors (Lipinski definition) is 2. The van der Waals surface area contributed by atoms with Gasteiger partial charge in [0.25, 0.3) is 5.91 Å². The first-order chi connectivity index (χ1) is 19.9. The fraction of sp³-hybridized carbons (Fsp3) is 0.250. The van der Waals surface area contributed by atoms with Crippen LogP contribution in [0.1, 0.15) is 53.1 Å². The first kappa shape index (κ1) is 25.5. The molecule has 206 valence electrons. The average Bonchev–Trinajstić information content (AvgIpc) is 3.46. The van der Waals surface area contributed by atoms with E-state index in [0.29, 0.717) is 59.6 Å². The zero-order valence-electron chi connectivity index (χ0n) is 22.3. The van der Waals surface area contributed by atoms with Crippen molar-refractivity contribution in [1.29, 1.82) is 0 Å². The third kappa shape index (κ3) is 4.46. The lowest BCUT2D eigenvalue weighted by Crippen LogP contribution is -2.49. The molecule has 3 aromatic carbocycles. The first-order valence-electron chi connectivity index (χ1n) is 13.6. The van der Waals surface area contributed by atoms with Crippen molar-refractivity contribution in [3.8, 4) is 22.8 Å². The highest BCUT2D eigenvalue weighted by molar-refractivity contribution is 7.14. The van der Waals surface area contributed by atoms with Gasteiger partial charge in [0.1, 0.15) is 19.0 Å². The van der Waals surface area contributed by atoms with Gasteiger partial charge in [0, 0.05) is 46.5 Å². The van der Waals surface area contributed by atoms with Crippen LogP contribution in [0.2, 0.25) is 0 Å². The quantitative estimate of drug-likeness (QED) is 0.306. The van der Waals surface area contributed by atoms with Crippen LogP contribution in [-0.4, -0.2) is 35.8 Å². The molecule has 4 aliphatic rings. The zero-order chi connectivity index (χ0) is 28.1. The molecule has 3 atom stereocenters. The van der Waals surface area contributed by atoms with E-state index in [-0.39, 0.29) is 29.4 Å². The molecule has 1 aromatic heterocycles. The molecule has 0 saturated heterocycles. The number of carbonyl (C=O) groups is 3. The number of Topliss-reactive ketones (excluding diaryl/α,β-unsaturated/α-hetero) is 1. The minimum atomic E-state index is -0.704. The van der Waals surface area contributed by atoms with Crippen LogP contribution in [0.5, 0.6) is 11.5 Å². The Bertz CT molecular complexity index is 1710. The Kier molecular flexibility index (Phi) is 6.12. The van der Waals surface area contributed by atoms with E-state index >= 15 is 0 Å². The topological polar surface area (TPSA) is 107 Å². The number of thiazole rings is 1. The predicted molar refractivity (Wildman–Crippen MR) is 156 cm³/mol. The molecule has 1 saturated carbocycles. The number of carbonyl (C=O) groups excluding carboxylic acids is 3. The summed E-state index contributed by atoms with van der Waals surface area (Å²) >= 11 is 1.34. The number of fused-ring (bicyclic) bond motifs is 3. The highest BCUT2D eigenvalue weighted by Crippen LogP contribution is 2.57. The van der Waals surface area contributed by atoms with Gasteiger partial charge in [0.05, 0.1) is 11.1 Å². The second kappa shape index (κ2) is 9.85. The largest absolute Gasteiger partial charge is 0.486 e. The highest BCUT2D eigenvalue weighted by Gasteiger charge is 2.54. The van der Waals surface area contributed by atoms with Gasteiger partial charge in [-0.3, -0.25) is 14.4 Å². The van der Waals surface area contributed by atoms with Crippen molar-refractivity contribution in [3.63, 3.8) is 0 Å². The fourth-order valence-electron chi connectivity index (χ4n) is 6.23. The van der Waals surface area contributed by atoms with Crippen molar-refractivity contribution in [3.05, 3.63) is 88.8 Å². The maximum atomic E-state index is 13.6. The lowest BCUT2D eigenvalue weighted by molar-refractivity contribution is -0.134. The molecule has 0 spiro atoms. The average molecular weight is 566 g/mol. The van der Waals surface area contributed by atoms with Gasteiger partial charge in [0.2, 0.25) is 5.91 Å². The summed E-state index contributed by atoms with van der Waals surface area (Å²) in [6.07, 6.45) is 0.883. The summed E-state index contributed by atoms with van der Waals surface area (Å²) in [5.41, 5.74) is 3.97. The summed E-state index contributed by atoms with van der Waals surface area (Å²) in [6.45, 7) is 2.93. The molecule has 2 amide bonds. The van der Waals surface area contributed by atoms with E-state index in [9.17, 15) is 14.4 Å². The molecule has 2 N–H and O–H groups in total. The monoisotopic (exact) mass is 565 g/mol. The van der Waals surface area contributed by atoms with Crippen LogP contribution in [0.15, 0.2) is 72.1 Å². The molecule has 4 aromatic rings. The van der Waals surface area contributed by atoms with Crippen molar-refractivity contribution in [2.75, 3.05) is 23.8 Å². The Morgan fingerprint density at radius 1 is 0.951 bits per heavy atom. The molecule has 3 aliphatic carbocycles. The number of ketones is 1. The Morgan fingerprint density at radius 2 is 1.76 bits per heavy atom. The molecular weight excluding hydrogens is 538 g/mol. The van der Waals surface area contributed by atoms with Gasteiger partial charge in [-0.2, -0.15) is 0 Å². The molecule has 2 bridgehead atoms. The van der Waals surface area contributed by atoms with E-state index in [1.165, 1.54) is 11.3 Å². The summed E-state index contributed by atoms with van der Waals surface area (Å²) in [6, 6.07) is 20.5. The number of nitrogens with one attached hydrogen (secondary N) is 2. The number of rotatable bonds is 5. The van der Waals surface area contributed by atoms with Crippen LogP contribution < -0.4 is 20.1 Å². The number of aromatic nitrogens is 1. The van der Waals surface area contributed by atoms with Crippen LogP contribution in [-0.2, 0) is 9.59 Å². The maximum absolute atomic E-state index is 13.6. The molecule has 8 rings (SSSR count). The normalized spacial score (nSPS) is 22.1. The lowest BCUT2D eigenvalue weighted by Gasteiger charge is -2.48. The van der Waals surface area contributed by atoms with Gasteiger partial charge in [-0.15, -0.1) is 11.3 Å². The second-order valence-corrected chi connectivity index (χ2v) is 11.8. The van der Waals surface area contributed by atoms with E-state index in [2.05, 4.69) is 15.6 Å². The molecule has 3 unspecified atom stereocenters. The Hall–Kier alpha value is -4.50. The van der Waals surface area contributed by atoms with Crippen LogP contribution in [0.4, 0.5) is 10.8 Å². The molecule has 41 heavy (non-hydrogen) atoms. The van der Waals surface area contributed by atoms with Crippen molar-refractivity contribution < 1.29 is 23.9 Å². The van der Waals surface area contributed by atoms with Crippen LogP contribution >= 0.6 is 11.3 Å². The van der Waals surface area contributed by atoms with Gasteiger partial charge in [-0.25, -0.2) is 4.98 Å². The van der Waals surface area contributed by atoms with Crippen LogP contribution in [0, 0.1) is 5.41 Å². The lowest BCUT2D eigenvalue weighted by atomic mass is 9.54. The summed E-state index contributed by atoms with van der Waals surface area (Å²) in [7, 11) is 0. The van der Waals surface area contributed by atoms with E-state index in [4.69, 9.17) is 9.47 Å². The molecule has 1 fully saturated rings. The van der Waals surface area contributed by atoms with E-state index in [1.807, 2.05) is 42.6 Å². The molecule has 8 nitrogen and oxygen atoms in total. The van der Waals surface area contributed by atoms with Gasteiger partial charge in [0.15, 0.2) is 16.6 Å². The minimum absolute atomic E-state index is 0.122. The standard InChI is InChI=1S/C32H27N3O5S/c1-32(16-23-21-7-2-3-8-22(21)24(32)15-26(23)36)30(38)35-31-34-25(17-41-31)18-5-4-6-19(13-18)29(37)33-20-9-10-27-28(14-20)40-12-11-39-27/h2-10,13-14,17,23-24H,11-12,15-16H2,1H3,(H,33,37)(H,34,35,38). The van der Waals surface area contributed by atoms with Gasteiger partial charge >= 0.3 is 0 Å². The Labute approximate surface area is 240 Å². The van der Waals surface area contributed by atoms with Gasteiger partial charge in [-0.1, -0.05) is 43.3 Å². The number of amides is 2. The number of hydrogen-bond acceptors (Lipinski definition) is 7. The number of anilines is 2. The predicted octanol–water partition coefficient (Wildman–Crippen LogP) is 6.02. The van der Waals surface area contributed by atoms with E-state index in [0.717, 1.165) is 16.7 Å². The third-order valence-corrected chi connectivity index (χ3v) is 9.16. The Morgan fingerprint density at radius 3 is 2.61 bits per heavy atom. The summed E-state index contributed by atoms with van der Waals surface area (Å²) < 4.78 is 11.2. The SMILES string of the molecule is CC1(C(=O)Nc2nc(-c3cccc(C(=O)Nc4ccc5c(c4)OCCO5)c3)cs2)CC2C(=O)CC1c1ccccc12. The maximum Gasteiger partial charge on any atom is 0.255 e. The van der Waals surface area contributed by atoms with E-state index in [1.54, 1.807) is 36.4 Å². The van der Waals surface area contributed by atoms with Gasteiger partial charge < -0.3 is 20.1 Å². The zero-order valence-corrected chi connectivity index (χ0v) is 23.1. The molecule has 1 aliphatic heterocycles. The first-order valence-corrected chi connectivity index (χ1v) is 14.5. The number of nitrogens with zero attached hydrogens (tertiary/aromatic N) is 1. The summed E-state index contributed by atoms with van der Waals surface area (Å²) in [4.78, 5) is 44.0. The van der Waals surface area contributed by atoms with Crippen molar-refractivity contribution in [2.45, 2.75) is 31.6 Å². The Balaban J connectivity index is 1.06. The summed E-state index contributed by atoms with van der Waals surface area (Å²) in [5.74, 6) is 0.699. The smallest absolute Gasteiger partial charge is 0.255 e. The molecule has 9 heteroatoms. The number of ether oxygens (including phenoxy) is 2. The minimum Gasteiger partial charge on any atom is -0.486 e. The molecule has 2 heterocycles. The van der Waals surface area contributed by atoms with Crippen LogP contribution in [0.25, 0.3) is 11.3 Å². The summed E-state index contributed by atoms with van der Waals surface area (Å²) in [5, 5.41) is 8.28. The van der Waals surface area contributed by atoms with Crippen molar-refractivity contribution in [2.24, 2.45) is 5.41 Å². The van der Waals surface area contributed by atoms with E-state index < -0.39 is 5.41 Å². The van der Waals surface area contributed by atoms with Crippen molar-refractivity contribution >= 4 is 39.8 Å².